The van der Waals surface area contributed by atoms with Crippen molar-refractivity contribution in [1.82, 2.24) is 13.5 Å². The molecular formula is C13H11N3OSe. The van der Waals surface area contributed by atoms with Crippen molar-refractivity contribution in [3.8, 4) is 5.95 Å². The van der Waals surface area contributed by atoms with Crippen LogP contribution in [0, 0.1) is 13.8 Å². The van der Waals surface area contributed by atoms with E-state index in [4.69, 9.17) is 0 Å². The first kappa shape index (κ1) is 11.4. The Bertz CT molecular complexity index is 768. The molecular weight excluding hydrogens is 293 g/mol. The van der Waals surface area contributed by atoms with Crippen LogP contribution >= 0.6 is 0 Å². The summed E-state index contributed by atoms with van der Waals surface area (Å²) in [6, 6.07) is 9.61. The summed E-state index contributed by atoms with van der Waals surface area (Å²) in [6.45, 7) is 3.83. The zero-order valence-electron chi connectivity index (χ0n) is 10.0. The van der Waals surface area contributed by atoms with Gasteiger partial charge in [0.15, 0.2) is 0 Å². The molecule has 0 unspecified atom stereocenters. The average molecular weight is 304 g/mol. The van der Waals surface area contributed by atoms with Gasteiger partial charge >= 0.3 is 110 Å². The summed E-state index contributed by atoms with van der Waals surface area (Å²) in [5.41, 5.74) is 1.78. The standard InChI is InChI=1S/C13H11N3OSe/c1-8-7-9(2)15-13(14-8)16-12(17)10-5-3-4-6-11(10)18-16/h3-7H,1-2H3. The maximum atomic E-state index is 12.3. The summed E-state index contributed by atoms with van der Waals surface area (Å²) < 4.78 is 2.79. The van der Waals surface area contributed by atoms with E-state index < -0.39 is 0 Å². The molecule has 0 amide bonds. The number of nitrogens with zero attached hydrogens (tertiary/aromatic N) is 3. The number of aryl methyl sites for hydroxylation is 2. The van der Waals surface area contributed by atoms with Gasteiger partial charge in [0, 0.05) is 0 Å². The van der Waals surface area contributed by atoms with Crippen molar-refractivity contribution in [3.05, 3.63) is 52.1 Å². The number of rotatable bonds is 1. The molecule has 3 rings (SSSR count). The Morgan fingerprint density at radius 3 is 2.44 bits per heavy atom. The molecule has 4 nitrogen and oxygen atoms in total. The van der Waals surface area contributed by atoms with Crippen molar-refractivity contribution in [2.45, 2.75) is 13.8 Å². The predicted molar refractivity (Wildman–Crippen MR) is 71.5 cm³/mol. The van der Waals surface area contributed by atoms with Crippen LogP contribution in [-0.2, 0) is 0 Å². The summed E-state index contributed by atoms with van der Waals surface area (Å²) >= 11 is -0.0616. The summed E-state index contributed by atoms with van der Waals surface area (Å²) in [6.07, 6.45) is 0. The molecule has 0 aliphatic heterocycles. The van der Waals surface area contributed by atoms with Gasteiger partial charge in [-0.3, -0.25) is 0 Å². The Labute approximate surface area is 110 Å². The summed E-state index contributed by atoms with van der Waals surface area (Å²) in [5, 5.41) is 0.778. The van der Waals surface area contributed by atoms with Crippen LogP contribution in [-0.4, -0.2) is 28.3 Å². The quantitative estimate of drug-likeness (QED) is 0.639. The van der Waals surface area contributed by atoms with Crippen molar-refractivity contribution >= 4 is 24.4 Å². The SMILES string of the molecule is Cc1cc(C)nc(-n2[se]c3ccccc3c2=O)n1. The second kappa shape index (κ2) is 4.19. The third-order valence-electron chi connectivity index (χ3n) is 2.64. The van der Waals surface area contributed by atoms with Crippen molar-refractivity contribution in [2.75, 3.05) is 0 Å². The Morgan fingerprint density at radius 1 is 1.11 bits per heavy atom. The van der Waals surface area contributed by atoms with Crippen LogP contribution in [0.3, 0.4) is 0 Å². The predicted octanol–water partition coefficient (Wildman–Crippen LogP) is 1.45. The number of hydrogen-bond acceptors (Lipinski definition) is 3. The molecule has 0 N–H and O–H groups in total. The Balaban J connectivity index is 2.31. The van der Waals surface area contributed by atoms with Crippen LogP contribution in [0.2, 0.25) is 0 Å². The van der Waals surface area contributed by atoms with Crippen LogP contribution in [0.1, 0.15) is 11.4 Å². The summed E-state index contributed by atoms with van der Waals surface area (Å²) in [5.74, 6) is 0.522. The Morgan fingerprint density at radius 2 is 1.78 bits per heavy atom. The van der Waals surface area contributed by atoms with E-state index in [2.05, 4.69) is 9.97 Å². The van der Waals surface area contributed by atoms with E-state index >= 15 is 0 Å². The zero-order valence-corrected chi connectivity index (χ0v) is 11.8. The van der Waals surface area contributed by atoms with Gasteiger partial charge in [0.1, 0.15) is 0 Å². The second-order valence-electron chi connectivity index (χ2n) is 4.14. The molecule has 0 bridgehead atoms. The molecule has 2 heterocycles. The Hall–Kier alpha value is -1.71. The van der Waals surface area contributed by atoms with E-state index in [1.807, 2.05) is 44.2 Å². The van der Waals surface area contributed by atoms with Crippen LogP contribution in [0.25, 0.3) is 15.6 Å². The van der Waals surface area contributed by atoms with Gasteiger partial charge in [-0.05, 0) is 0 Å². The fraction of sp³-hybridized carbons (Fsp3) is 0.154. The first-order valence-corrected chi connectivity index (χ1v) is 7.21. The van der Waals surface area contributed by atoms with Crippen molar-refractivity contribution < 1.29 is 0 Å². The molecule has 0 fully saturated rings. The molecule has 18 heavy (non-hydrogen) atoms. The van der Waals surface area contributed by atoms with Crippen LogP contribution in [0.5, 0.6) is 0 Å². The monoisotopic (exact) mass is 305 g/mol. The minimum atomic E-state index is -0.0616. The first-order valence-electron chi connectivity index (χ1n) is 5.59. The van der Waals surface area contributed by atoms with E-state index in [9.17, 15) is 4.79 Å². The third kappa shape index (κ3) is 1.81. The van der Waals surface area contributed by atoms with E-state index in [1.54, 1.807) is 3.56 Å². The minimum absolute atomic E-state index is 0.00981. The van der Waals surface area contributed by atoms with Crippen molar-refractivity contribution in [1.29, 1.82) is 0 Å². The van der Waals surface area contributed by atoms with Gasteiger partial charge in [-0.2, -0.15) is 0 Å². The molecule has 0 aliphatic carbocycles. The zero-order chi connectivity index (χ0) is 12.7. The van der Waals surface area contributed by atoms with Gasteiger partial charge < -0.3 is 0 Å². The fourth-order valence-corrected chi connectivity index (χ4v) is 3.86. The van der Waals surface area contributed by atoms with E-state index in [0.717, 1.165) is 21.0 Å². The molecule has 0 saturated carbocycles. The van der Waals surface area contributed by atoms with Gasteiger partial charge in [-0.25, -0.2) is 0 Å². The topological polar surface area (TPSA) is 47.8 Å². The maximum absolute atomic E-state index is 12.3. The van der Waals surface area contributed by atoms with E-state index in [-0.39, 0.29) is 20.3 Å². The number of benzene rings is 1. The molecule has 0 spiro atoms. The fourth-order valence-electron chi connectivity index (χ4n) is 1.90. The van der Waals surface area contributed by atoms with Crippen LogP contribution in [0.15, 0.2) is 35.1 Å². The van der Waals surface area contributed by atoms with Gasteiger partial charge in [-0.1, -0.05) is 0 Å². The van der Waals surface area contributed by atoms with Gasteiger partial charge in [0.05, 0.1) is 0 Å². The van der Waals surface area contributed by atoms with E-state index in [0.29, 0.717) is 5.95 Å². The average Bonchev–Trinajstić information content (AvgIpc) is 2.66. The van der Waals surface area contributed by atoms with Crippen LogP contribution < -0.4 is 5.56 Å². The van der Waals surface area contributed by atoms with Crippen molar-refractivity contribution in [3.63, 3.8) is 0 Å². The first-order chi connectivity index (χ1) is 8.65. The molecule has 90 valence electrons. The summed E-state index contributed by atoms with van der Waals surface area (Å²) in [7, 11) is 0. The molecule has 1 aromatic carbocycles. The molecule has 5 heteroatoms. The molecule has 0 aliphatic rings. The molecule has 3 aromatic rings. The molecule has 0 saturated heterocycles. The molecule has 2 aromatic heterocycles. The number of fused-ring (bicyclic) bond motifs is 1. The summed E-state index contributed by atoms with van der Waals surface area (Å²) in [4.78, 5) is 21.0. The normalized spacial score (nSPS) is 11.0. The van der Waals surface area contributed by atoms with Gasteiger partial charge in [0.25, 0.3) is 0 Å². The number of hydrogen-bond donors (Lipinski definition) is 0. The molecule has 0 atom stereocenters. The third-order valence-corrected chi connectivity index (χ3v) is 4.88. The number of aromatic nitrogens is 3. The Kier molecular flexibility index (Phi) is 2.65. The van der Waals surface area contributed by atoms with Crippen molar-refractivity contribution in [2.24, 2.45) is 0 Å². The molecule has 0 radical (unpaired) electrons. The van der Waals surface area contributed by atoms with Gasteiger partial charge in [-0.15, -0.1) is 0 Å². The van der Waals surface area contributed by atoms with Crippen LogP contribution in [0.4, 0.5) is 0 Å². The second-order valence-corrected chi connectivity index (χ2v) is 6.21. The van der Waals surface area contributed by atoms with Gasteiger partial charge in [0.2, 0.25) is 0 Å². The van der Waals surface area contributed by atoms with E-state index in [1.165, 1.54) is 0 Å².